The van der Waals surface area contributed by atoms with E-state index in [0.717, 1.165) is 4.90 Å². The first-order valence-electron chi connectivity index (χ1n) is 8.24. The van der Waals surface area contributed by atoms with Gasteiger partial charge < -0.3 is 10.8 Å². The van der Waals surface area contributed by atoms with Gasteiger partial charge in [0.15, 0.2) is 0 Å². The van der Waals surface area contributed by atoms with Gasteiger partial charge in [-0.15, -0.1) is 0 Å². The highest BCUT2D eigenvalue weighted by molar-refractivity contribution is 6.31. The molecule has 2 amide bonds. The number of halogens is 2. The van der Waals surface area contributed by atoms with Crippen LogP contribution in [-0.2, 0) is 4.79 Å². The van der Waals surface area contributed by atoms with Crippen LogP contribution in [0.5, 0.6) is 0 Å². The number of hydrogen-bond acceptors (Lipinski definition) is 2. The number of hydrogen-bond donors (Lipinski definition) is 2. The van der Waals surface area contributed by atoms with E-state index in [1.165, 1.54) is 12.1 Å². The molecule has 0 radical (unpaired) electrons. The highest BCUT2D eigenvalue weighted by Gasteiger charge is 2.49. The fraction of sp³-hybridized carbons (Fsp3) is 0.263. The maximum absolute atomic E-state index is 14.2. The number of urea groups is 1. The fourth-order valence-corrected chi connectivity index (χ4v) is 3.78. The van der Waals surface area contributed by atoms with Crippen LogP contribution in [0.2, 0.25) is 5.02 Å². The molecule has 26 heavy (non-hydrogen) atoms. The van der Waals surface area contributed by atoms with Gasteiger partial charge in [-0.2, -0.15) is 0 Å². The molecule has 0 saturated heterocycles. The van der Waals surface area contributed by atoms with E-state index in [2.05, 4.69) is 0 Å². The molecule has 2 aromatic rings. The maximum atomic E-state index is 14.2. The van der Waals surface area contributed by atoms with Crippen molar-refractivity contribution in [2.45, 2.75) is 31.2 Å². The van der Waals surface area contributed by atoms with E-state index in [4.69, 9.17) is 17.3 Å². The number of carboxylic acid groups (broad SMARTS) is 1. The van der Waals surface area contributed by atoms with Gasteiger partial charge in [-0.3, -0.25) is 4.90 Å². The summed E-state index contributed by atoms with van der Waals surface area (Å²) in [7, 11) is 0. The minimum absolute atomic E-state index is 0.194. The van der Waals surface area contributed by atoms with Crippen molar-refractivity contribution < 1.29 is 19.1 Å². The topological polar surface area (TPSA) is 83.6 Å². The Balaban J connectivity index is 2.27. The summed E-state index contributed by atoms with van der Waals surface area (Å²) in [5.41, 5.74) is 5.31. The molecule has 3 rings (SSSR count). The average molecular weight is 377 g/mol. The predicted octanol–water partition coefficient (Wildman–Crippen LogP) is 4.43. The van der Waals surface area contributed by atoms with Crippen molar-refractivity contribution in [3.63, 3.8) is 0 Å². The molecule has 0 atom stereocenters. The molecule has 1 aliphatic rings. The molecule has 136 valence electrons. The van der Waals surface area contributed by atoms with Crippen LogP contribution in [0.15, 0.2) is 42.5 Å². The van der Waals surface area contributed by atoms with Crippen molar-refractivity contribution in [3.8, 4) is 11.1 Å². The van der Waals surface area contributed by atoms with Crippen LogP contribution in [0.25, 0.3) is 11.1 Å². The second-order valence-electron chi connectivity index (χ2n) is 6.37. The van der Waals surface area contributed by atoms with Crippen molar-refractivity contribution in [3.05, 3.63) is 53.3 Å². The molecular weight excluding hydrogens is 359 g/mol. The van der Waals surface area contributed by atoms with Crippen molar-refractivity contribution >= 4 is 29.3 Å². The highest BCUT2D eigenvalue weighted by Crippen LogP contribution is 2.43. The number of anilines is 1. The van der Waals surface area contributed by atoms with Crippen LogP contribution < -0.4 is 10.6 Å². The number of aliphatic carboxylic acids is 1. The largest absolute Gasteiger partial charge is 0.479 e. The Hall–Kier alpha value is -2.60. The zero-order chi connectivity index (χ0) is 18.9. The van der Waals surface area contributed by atoms with Gasteiger partial charge >= 0.3 is 12.0 Å². The third-order valence-corrected chi connectivity index (χ3v) is 5.13. The van der Waals surface area contributed by atoms with Gasteiger partial charge in [-0.1, -0.05) is 54.8 Å². The molecule has 1 aliphatic carbocycles. The SMILES string of the molecule is NC(=O)N(c1cc(Cl)c(F)cc1-c1ccccc1)C1(C(=O)O)CCCC1. The first-order chi connectivity index (χ1) is 12.4. The van der Waals surface area contributed by atoms with Gasteiger partial charge in [0.05, 0.1) is 10.7 Å². The first kappa shape index (κ1) is 18.2. The monoisotopic (exact) mass is 376 g/mol. The second-order valence-corrected chi connectivity index (χ2v) is 6.77. The first-order valence-corrected chi connectivity index (χ1v) is 8.62. The van der Waals surface area contributed by atoms with Crippen LogP contribution in [-0.4, -0.2) is 22.6 Å². The second kappa shape index (κ2) is 6.96. The lowest BCUT2D eigenvalue weighted by Crippen LogP contribution is -2.58. The maximum Gasteiger partial charge on any atom is 0.330 e. The molecular formula is C19H18ClFN2O3. The summed E-state index contributed by atoms with van der Waals surface area (Å²) in [6.45, 7) is 0. The van der Waals surface area contributed by atoms with Crippen molar-refractivity contribution in [2.75, 3.05) is 4.90 Å². The molecule has 0 unspecified atom stereocenters. The standard InChI is InChI=1S/C19H18ClFN2O3/c20-14-11-16(13(10-15(14)21)12-6-2-1-3-7-12)23(18(22)26)19(17(24)25)8-4-5-9-19/h1-3,6-7,10-11H,4-5,8-9H2,(H2,22,26)(H,24,25). The summed E-state index contributed by atoms with van der Waals surface area (Å²) in [5, 5.41) is 9.67. The smallest absolute Gasteiger partial charge is 0.330 e. The Morgan fingerprint density at radius 1 is 1.15 bits per heavy atom. The van der Waals surface area contributed by atoms with E-state index in [-0.39, 0.29) is 23.6 Å². The van der Waals surface area contributed by atoms with E-state index in [9.17, 15) is 19.1 Å². The van der Waals surface area contributed by atoms with Gasteiger partial charge in [-0.25, -0.2) is 14.0 Å². The average Bonchev–Trinajstić information content (AvgIpc) is 3.09. The molecule has 0 aliphatic heterocycles. The van der Waals surface area contributed by atoms with Gasteiger partial charge in [0.25, 0.3) is 0 Å². The number of carbonyl (C=O) groups excluding carboxylic acids is 1. The summed E-state index contributed by atoms with van der Waals surface area (Å²) < 4.78 is 14.2. The number of nitrogens with zero attached hydrogens (tertiary/aromatic N) is 1. The Morgan fingerprint density at radius 3 is 2.31 bits per heavy atom. The third kappa shape index (κ3) is 3.01. The lowest BCUT2D eigenvalue weighted by molar-refractivity contribution is -0.143. The molecule has 0 bridgehead atoms. The number of primary amides is 1. The third-order valence-electron chi connectivity index (χ3n) is 4.84. The van der Waals surface area contributed by atoms with E-state index in [1.54, 1.807) is 30.3 Å². The molecule has 0 spiro atoms. The quantitative estimate of drug-likeness (QED) is 0.827. The fourth-order valence-electron chi connectivity index (χ4n) is 3.62. The van der Waals surface area contributed by atoms with Gasteiger partial charge in [0.2, 0.25) is 0 Å². The minimum atomic E-state index is -1.46. The number of carboxylic acids is 1. The number of amides is 2. The van der Waals surface area contributed by atoms with E-state index < -0.39 is 23.4 Å². The normalized spacial score (nSPS) is 15.6. The zero-order valence-electron chi connectivity index (χ0n) is 13.9. The predicted molar refractivity (Wildman–Crippen MR) is 97.7 cm³/mol. The Bertz CT molecular complexity index is 851. The minimum Gasteiger partial charge on any atom is -0.479 e. The van der Waals surface area contributed by atoms with Crippen molar-refractivity contribution in [1.82, 2.24) is 0 Å². The lowest BCUT2D eigenvalue weighted by Gasteiger charge is -2.37. The van der Waals surface area contributed by atoms with Gasteiger partial charge in [-0.05, 0) is 30.5 Å². The molecule has 1 fully saturated rings. The Labute approximate surface area is 155 Å². The number of carbonyl (C=O) groups is 2. The molecule has 5 nitrogen and oxygen atoms in total. The lowest BCUT2D eigenvalue weighted by atomic mass is 9.92. The highest BCUT2D eigenvalue weighted by atomic mass is 35.5. The molecule has 3 N–H and O–H groups in total. The van der Waals surface area contributed by atoms with E-state index >= 15 is 0 Å². The molecule has 0 heterocycles. The molecule has 7 heteroatoms. The van der Waals surface area contributed by atoms with Crippen molar-refractivity contribution in [2.24, 2.45) is 5.73 Å². The summed E-state index contributed by atoms with van der Waals surface area (Å²) in [6, 6.07) is 10.4. The van der Waals surface area contributed by atoms with Crippen LogP contribution in [0.4, 0.5) is 14.9 Å². The summed E-state index contributed by atoms with van der Waals surface area (Å²) in [5.74, 6) is -1.79. The Morgan fingerprint density at radius 2 is 1.77 bits per heavy atom. The number of benzene rings is 2. The van der Waals surface area contributed by atoms with Gasteiger partial charge in [0, 0.05) is 5.56 Å². The van der Waals surface area contributed by atoms with Crippen LogP contribution in [0, 0.1) is 5.82 Å². The zero-order valence-corrected chi connectivity index (χ0v) is 14.7. The van der Waals surface area contributed by atoms with Gasteiger partial charge in [0.1, 0.15) is 11.4 Å². The summed E-state index contributed by atoms with van der Waals surface area (Å²) >= 11 is 5.95. The molecule has 0 aromatic heterocycles. The van der Waals surface area contributed by atoms with E-state index in [0.29, 0.717) is 24.0 Å². The van der Waals surface area contributed by atoms with E-state index in [1.807, 2.05) is 0 Å². The summed E-state index contributed by atoms with van der Waals surface area (Å²) in [4.78, 5) is 25.5. The summed E-state index contributed by atoms with van der Waals surface area (Å²) in [6.07, 6.45) is 1.86. The van der Waals surface area contributed by atoms with Crippen molar-refractivity contribution in [1.29, 1.82) is 0 Å². The molecule has 2 aromatic carbocycles. The molecule has 1 saturated carbocycles. The van der Waals surface area contributed by atoms with Crippen LogP contribution in [0.3, 0.4) is 0 Å². The Kier molecular flexibility index (Phi) is 4.87. The van der Waals surface area contributed by atoms with Crippen LogP contribution in [0.1, 0.15) is 25.7 Å². The van der Waals surface area contributed by atoms with Crippen LogP contribution >= 0.6 is 11.6 Å². The number of nitrogens with two attached hydrogens (primary N) is 1. The number of rotatable bonds is 4.